The zero-order valence-electron chi connectivity index (χ0n) is 11.6. The van der Waals surface area contributed by atoms with Crippen LogP contribution in [0, 0.1) is 0 Å². The molecule has 88 valence electrons. The van der Waals surface area contributed by atoms with E-state index in [1.165, 1.54) is 5.20 Å². The van der Waals surface area contributed by atoms with E-state index in [4.69, 9.17) is 4.43 Å². The van der Waals surface area contributed by atoms with Gasteiger partial charge in [-0.3, -0.25) is 0 Å². The first-order chi connectivity index (χ1) is 6.56. The van der Waals surface area contributed by atoms with Crippen LogP contribution in [-0.4, -0.2) is 16.4 Å². The average molecular weight is 243 g/mol. The highest BCUT2D eigenvalue weighted by Gasteiger charge is 2.18. The van der Waals surface area contributed by atoms with E-state index in [9.17, 15) is 0 Å². The lowest BCUT2D eigenvalue weighted by molar-refractivity contribution is 0.407. The number of allylic oxidation sites excluding steroid dienone is 1. The molecule has 0 saturated carbocycles. The van der Waals surface area contributed by atoms with E-state index in [0.29, 0.717) is 0 Å². The minimum Gasteiger partial charge on any atom is -0.542 e. The first-order valence-corrected chi connectivity index (χ1v) is 12.6. The number of hydrogen-bond acceptors (Lipinski definition) is 1. The molecule has 0 radical (unpaired) electrons. The summed E-state index contributed by atoms with van der Waals surface area (Å²) in [5.41, 5.74) is 3.47. The summed E-state index contributed by atoms with van der Waals surface area (Å²) in [6, 6.07) is 0. The Morgan fingerprint density at radius 1 is 1.07 bits per heavy atom. The molecule has 0 bridgehead atoms. The Balaban J connectivity index is 5.04. The van der Waals surface area contributed by atoms with Crippen LogP contribution >= 0.6 is 0 Å². The van der Waals surface area contributed by atoms with Crippen LogP contribution in [0.5, 0.6) is 0 Å². The fourth-order valence-corrected chi connectivity index (χ4v) is 2.40. The first kappa shape index (κ1) is 14.8. The highest BCUT2D eigenvalue weighted by molar-refractivity contribution is 6.82. The van der Waals surface area contributed by atoms with Crippen LogP contribution in [-0.2, 0) is 4.43 Å². The molecule has 1 nitrogen and oxygen atoms in total. The van der Waals surface area contributed by atoms with Crippen LogP contribution in [0.4, 0.5) is 0 Å². The third kappa shape index (κ3) is 6.77. The Kier molecular flexibility index (Phi) is 5.11. The van der Waals surface area contributed by atoms with Gasteiger partial charge in [-0.25, -0.2) is 0 Å². The Morgan fingerprint density at radius 3 is 1.80 bits per heavy atom. The second-order valence-electron chi connectivity index (χ2n) is 5.99. The van der Waals surface area contributed by atoms with Crippen molar-refractivity contribution in [3.8, 4) is 0 Å². The molecule has 0 spiro atoms. The zero-order valence-corrected chi connectivity index (χ0v) is 13.6. The smallest absolute Gasteiger partial charge is 0.242 e. The van der Waals surface area contributed by atoms with Crippen molar-refractivity contribution in [3.05, 3.63) is 16.7 Å². The van der Waals surface area contributed by atoms with E-state index in [2.05, 4.69) is 58.9 Å². The fourth-order valence-electron chi connectivity index (χ4n) is 0.952. The molecule has 0 heterocycles. The highest BCUT2D eigenvalue weighted by atomic mass is 28.4. The van der Waals surface area contributed by atoms with Gasteiger partial charge in [-0.1, -0.05) is 32.3 Å². The van der Waals surface area contributed by atoms with Crippen LogP contribution in [0.2, 0.25) is 39.3 Å². The lowest BCUT2D eigenvalue weighted by Crippen LogP contribution is -2.25. The summed E-state index contributed by atoms with van der Waals surface area (Å²) in [6.07, 6.45) is 0.950. The normalized spacial score (nSPS) is 12.0. The maximum Gasteiger partial charge on any atom is 0.242 e. The van der Waals surface area contributed by atoms with Gasteiger partial charge in [-0.15, -0.1) is 0 Å². The maximum absolute atomic E-state index is 6.00. The molecule has 3 heteroatoms. The van der Waals surface area contributed by atoms with Crippen LogP contribution in [0.1, 0.15) is 20.3 Å². The Hall–Kier alpha value is -0.246. The Labute approximate surface area is 97.4 Å². The summed E-state index contributed by atoms with van der Waals surface area (Å²) >= 11 is 0. The van der Waals surface area contributed by atoms with Crippen molar-refractivity contribution in [1.82, 2.24) is 0 Å². The predicted molar refractivity (Wildman–Crippen MR) is 74.3 cm³/mol. The van der Waals surface area contributed by atoms with Crippen LogP contribution in [0.3, 0.4) is 0 Å². The molecule has 0 aromatic carbocycles. The van der Waals surface area contributed by atoms with Crippen molar-refractivity contribution in [3.63, 3.8) is 0 Å². The van der Waals surface area contributed by atoms with Gasteiger partial charge in [0.15, 0.2) is 0 Å². The summed E-state index contributed by atoms with van der Waals surface area (Å²) in [5, 5.41) is 1.40. The average Bonchev–Trinajstić information content (AvgIpc) is 1.98. The van der Waals surface area contributed by atoms with Crippen molar-refractivity contribution in [1.29, 1.82) is 0 Å². The zero-order chi connectivity index (χ0) is 12.3. The van der Waals surface area contributed by atoms with Gasteiger partial charge < -0.3 is 4.43 Å². The van der Waals surface area contributed by atoms with E-state index in [0.717, 1.165) is 12.2 Å². The van der Waals surface area contributed by atoms with E-state index in [1.807, 2.05) is 0 Å². The third-order valence-electron chi connectivity index (χ3n) is 2.20. The van der Waals surface area contributed by atoms with Crippen molar-refractivity contribution < 1.29 is 4.43 Å². The minimum absolute atomic E-state index is 0.950. The SMILES string of the molecule is CCC(=C=C(C)[Si](C)(C)C)O[Si](C)(C)C. The van der Waals surface area contributed by atoms with Gasteiger partial charge in [0.2, 0.25) is 8.32 Å². The van der Waals surface area contributed by atoms with Gasteiger partial charge in [0, 0.05) is 6.42 Å². The highest BCUT2D eigenvalue weighted by Crippen LogP contribution is 2.16. The number of rotatable bonds is 4. The molecular weight excluding hydrogens is 216 g/mol. The molecule has 0 atom stereocenters. The summed E-state index contributed by atoms with van der Waals surface area (Å²) in [7, 11) is -2.66. The van der Waals surface area contributed by atoms with E-state index in [-0.39, 0.29) is 0 Å². The topological polar surface area (TPSA) is 9.23 Å². The molecule has 0 aliphatic rings. The van der Waals surface area contributed by atoms with Gasteiger partial charge in [0.05, 0.1) is 8.07 Å². The first-order valence-electron chi connectivity index (χ1n) is 5.72. The number of hydrogen-bond donors (Lipinski definition) is 0. The van der Waals surface area contributed by atoms with E-state index in [1.54, 1.807) is 0 Å². The molecule has 0 N–H and O–H groups in total. The second kappa shape index (κ2) is 5.19. The van der Waals surface area contributed by atoms with Crippen molar-refractivity contribution in [2.24, 2.45) is 0 Å². The Bertz CT molecular complexity index is 273. The molecule has 0 amide bonds. The molecule has 0 rings (SSSR count). The predicted octanol–water partition coefficient (Wildman–Crippen LogP) is 4.55. The van der Waals surface area contributed by atoms with Gasteiger partial charge in [0.1, 0.15) is 5.76 Å². The molecule has 0 aliphatic carbocycles. The molecular formula is C12H26OSi2. The molecule has 0 saturated heterocycles. The summed E-state index contributed by atoms with van der Waals surface area (Å²) < 4.78 is 6.00. The molecule has 0 aromatic heterocycles. The van der Waals surface area contributed by atoms with Crippen molar-refractivity contribution >= 4 is 16.4 Å². The fraction of sp³-hybridized carbons (Fsp3) is 0.750. The second-order valence-corrected chi connectivity index (χ2v) is 15.7. The Morgan fingerprint density at radius 2 is 1.53 bits per heavy atom. The van der Waals surface area contributed by atoms with E-state index >= 15 is 0 Å². The monoisotopic (exact) mass is 242 g/mol. The quantitative estimate of drug-likeness (QED) is 0.399. The molecule has 15 heavy (non-hydrogen) atoms. The van der Waals surface area contributed by atoms with Gasteiger partial charge in [-0.2, -0.15) is 0 Å². The van der Waals surface area contributed by atoms with Crippen LogP contribution in [0.15, 0.2) is 16.7 Å². The van der Waals surface area contributed by atoms with Gasteiger partial charge in [-0.05, 0) is 31.8 Å². The summed E-state index contributed by atoms with van der Waals surface area (Å²) in [5.74, 6) is 1.05. The summed E-state index contributed by atoms with van der Waals surface area (Å²) in [4.78, 5) is 0. The van der Waals surface area contributed by atoms with E-state index < -0.39 is 16.4 Å². The molecule has 0 unspecified atom stereocenters. The molecule has 0 aliphatic heterocycles. The molecule has 0 aromatic rings. The van der Waals surface area contributed by atoms with Gasteiger partial charge >= 0.3 is 0 Å². The maximum atomic E-state index is 6.00. The lowest BCUT2D eigenvalue weighted by Gasteiger charge is -2.21. The van der Waals surface area contributed by atoms with Crippen molar-refractivity contribution in [2.45, 2.75) is 59.6 Å². The lowest BCUT2D eigenvalue weighted by atomic mass is 10.4. The van der Waals surface area contributed by atoms with Crippen LogP contribution < -0.4 is 0 Å². The third-order valence-corrected chi connectivity index (χ3v) is 5.44. The largest absolute Gasteiger partial charge is 0.542 e. The van der Waals surface area contributed by atoms with Crippen molar-refractivity contribution in [2.75, 3.05) is 0 Å². The summed E-state index contributed by atoms with van der Waals surface area (Å²) in [6.45, 7) is 18.0. The van der Waals surface area contributed by atoms with Crippen LogP contribution in [0.25, 0.3) is 0 Å². The molecule has 0 fully saturated rings. The standard InChI is InChI=1S/C12H26OSi2/c1-9-12(13-15(6,7)8)10-11(2)14(3,4)5/h9H2,1-8H3. The minimum atomic E-state index is -1.46. The van der Waals surface area contributed by atoms with Gasteiger partial charge in [0.25, 0.3) is 0 Å².